The van der Waals surface area contributed by atoms with Gasteiger partial charge in [-0.25, -0.2) is 4.98 Å². The maximum absolute atomic E-state index is 12.1. The fourth-order valence-electron chi connectivity index (χ4n) is 2.32. The maximum atomic E-state index is 12.1. The van der Waals surface area contributed by atoms with Crippen LogP contribution in [0.3, 0.4) is 0 Å². The molecule has 1 aromatic heterocycles. The average Bonchev–Trinajstić information content (AvgIpc) is 3.18. The van der Waals surface area contributed by atoms with Gasteiger partial charge in [-0.05, 0) is 55.5 Å². The third-order valence-electron chi connectivity index (χ3n) is 3.78. The van der Waals surface area contributed by atoms with Gasteiger partial charge in [0.05, 0.1) is 11.0 Å². The minimum atomic E-state index is -0.0388. The lowest BCUT2D eigenvalue weighted by molar-refractivity contribution is 0.0936. The number of hydrogen-bond donors (Lipinski definition) is 1. The van der Waals surface area contributed by atoms with Crippen LogP contribution in [0.5, 0.6) is 0 Å². The normalized spacial score (nSPS) is 16.6. The number of rotatable bonds is 3. The molecule has 1 atom stereocenters. The summed E-state index contributed by atoms with van der Waals surface area (Å²) in [5.74, 6) is 0.611. The predicted octanol–water partition coefficient (Wildman–Crippen LogP) is 2.76. The molecule has 19 heavy (non-hydrogen) atoms. The van der Waals surface area contributed by atoms with E-state index in [1.807, 2.05) is 19.2 Å². The Hall–Kier alpha value is -1.55. The molecule has 0 bridgehead atoms. The van der Waals surface area contributed by atoms with Crippen LogP contribution in [0.2, 0.25) is 5.28 Å². The average molecular weight is 278 g/mol. The standard InChI is InChI=1S/C14H16ClN3O/c1-8(9-3-4-9)16-13(19)10-5-6-12-11(7-10)17-14(15)18(12)2/h5-9H,3-4H2,1-2H3,(H,16,19). The van der Waals surface area contributed by atoms with Crippen LogP contribution in [-0.2, 0) is 7.05 Å². The lowest BCUT2D eigenvalue weighted by Gasteiger charge is -2.12. The third kappa shape index (κ3) is 2.32. The Labute approximate surface area is 116 Å². The zero-order valence-electron chi connectivity index (χ0n) is 11.0. The van der Waals surface area contributed by atoms with Crippen molar-refractivity contribution in [2.45, 2.75) is 25.8 Å². The number of amides is 1. The Bertz CT molecular complexity index is 645. The first kappa shape index (κ1) is 12.5. The van der Waals surface area contributed by atoms with Crippen LogP contribution < -0.4 is 5.32 Å². The molecule has 5 heteroatoms. The van der Waals surface area contributed by atoms with E-state index >= 15 is 0 Å². The molecule has 1 unspecified atom stereocenters. The van der Waals surface area contributed by atoms with Crippen LogP contribution in [0, 0.1) is 5.92 Å². The molecule has 0 saturated heterocycles. The number of aryl methyl sites for hydroxylation is 1. The molecule has 3 rings (SSSR count). The number of hydrogen-bond acceptors (Lipinski definition) is 2. The van der Waals surface area contributed by atoms with Crippen molar-refractivity contribution in [2.75, 3.05) is 0 Å². The molecule has 0 aliphatic heterocycles. The van der Waals surface area contributed by atoms with E-state index in [1.54, 1.807) is 10.6 Å². The highest BCUT2D eigenvalue weighted by Crippen LogP contribution is 2.32. The molecule has 2 aromatic rings. The van der Waals surface area contributed by atoms with E-state index in [2.05, 4.69) is 17.2 Å². The van der Waals surface area contributed by atoms with E-state index in [4.69, 9.17) is 11.6 Å². The Kier molecular flexibility index (Phi) is 2.97. The Morgan fingerprint density at radius 2 is 2.26 bits per heavy atom. The molecule has 1 aliphatic rings. The number of carbonyl (C=O) groups excluding carboxylic acids is 1. The number of benzene rings is 1. The number of imidazole rings is 1. The third-order valence-corrected chi connectivity index (χ3v) is 4.11. The number of nitrogens with one attached hydrogen (secondary N) is 1. The van der Waals surface area contributed by atoms with Crippen LogP contribution in [0.4, 0.5) is 0 Å². The van der Waals surface area contributed by atoms with Crippen LogP contribution in [0.1, 0.15) is 30.1 Å². The first-order chi connectivity index (χ1) is 9.06. The lowest BCUT2D eigenvalue weighted by Crippen LogP contribution is -2.33. The van der Waals surface area contributed by atoms with Crippen LogP contribution >= 0.6 is 11.6 Å². The van der Waals surface area contributed by atoms with Crippen molar-refractivity contribution in [1.82, 2.24) is 14.9 Å². The predicted molar refractivity (Wildman–Crippen MR) is 75.4 cm³/mol. The van der Waals surface area contributed by atoms with Crippen molar-refractivity contribution in [2.24, 2.45) is 13.0 Å². The molecule has 100 valence electrons. The maximum Gasteiger partial charge on any atom is 0.251 e. The Morgan fingerprint density at radius 3 is 2.95 bits per heavy atom. The van der Waals surface area contributed by atoms with Gasteiger partial charge in [-0.15, -0.1) is 0 Å². The SMILES string of the molecule is CC(NC(=O)c1ccc2c(c1)nc(Cl)n2C)C1CC1. The van der Waals surface area contributed by atoms with Gasteiger partial charge in [-0.1, -0.05) is 0 Å². The monoisotopic (exact) mass is 277 g/mol. The molecule has 1 heterocycles. The smallest absolute Gasteiger partial charge is 0.251 e. The van der Waals surface area contributed by atoms with Crippen molar-refractivity contribution >= 4 is 28.5 Å². The molecule has 1 amide bonds. The molecule has 4 nitrogen and oxygen atoms in total. The van der Waals surface area contributed by atoms with E-state index in [0.717, 1.165) is 11.0 Å². The zero-order valence-corrected chi connectivity index (χ0v) is 11.7. The second kappa shape index (κ2) is 4.53. The summed E-state index contributed by atoms with van der Waals surface area (Å²) >= 11 is 5.97. The summed E-state index contributed by atoms with van der Waals surface area (Å²) in [5, 5.41) is 3.47. The molecule has 1 aliphatic carbocycles. The largest absolute Gasteiger partial charge is 0.349 e. The molecular formula is C14H16ClN3O. The van der Waals surface area contributed by atoms with Gasteiger partial charge in [-0.3, -0.25) is 4.79 Å². The van der Waals surface area contributed by atoms with Gasteiger partial charge in [0.15, 0.2) is 0 Å². The fourth-order valence-corrected chi connectivity index (χ4v) is 2.50. The number of carbonyl (C=O) groups is 1. The number of halogens is 1. The minimum absolute atomic E-state index is 0.0388. The summed E-state index contributed by atoms with van der Waals surface area (Å²) in [6.07, 6.45) is 2.44. The van der Waals surface area contributed by atoms with Crippen molar-refractivity contribution in [1.29, 1.82) is 0 Å². The fraction of sp³-hybridized carbons (Fsp3) is 0.429. The van der Waals surface area contributed by atoms with E-state index < -0.39 is 0 Å². The topological polar surface area (TPSA) is 46.9 Å². The summed E-state index contributed by atoms with van der Waals surface area (Å²) in [7, 11) is 1.85. The quantitative estimate of drug-likeness (QED) is 0.938. The van der Waals surface area contributed by atoms with E-state index in [-0.39, 0.29) is 11.9 Å². The van der Waals surface area contributed by atoms with Gasteiger partial charge in [0, 0.05) is 18.7 Å². The van der Waals surface area contributed by atoms with Gasteiger partial charge in [-0.2, -0.15) is 0 Å². The van der Waals surface area contributed by atoms with Gasteiger partial charge in [0.25, 0.3) is 5.91 Å². The summed E-state index contributed by atoms with van der Waals surface area (Å²) < 4.78 is 1.80. The first-order valence-electron chi connectivity index (χ1n) is 6.49. The van der Waals surface area contributed by atoms with Gasteiger partial charge < -0.3 is 9.88 Å². The molecular weight excluding hydrogens is 262 g/mol. The highest BCUT2D eigenvalue weighted by Gasteiger charge is 2.29. The zero-order chi connectivity index (χ0) is 13.6. The molecule has 1 aromatic carbocycles. The second-order valence-electron chi connectivity index (χ2n) is 5.24. The van der Waals surface area contributed by atoms with Crippen LogP contribution in [-0.4, -0.2) is 21.5 Å². The van der Waals surface area contributed by atoms with Crippen molar-refractivity contribution in [3.8, 4) is 0 Å². The number of nitrogens with zero attached hydrogens (tertiary/aromatic N) is 2. The van der Waals surface area contributed by atoms with Gasteiger partial charge in [0.2, 0.25) is 5.28 Å². The highest BCUT2D eigenvalue weighted by molar-refractivity contribution is 6.29. The van der Waals surface area contributed by atoms with Crippen molar-refractivity contribution in [3.63, 3.8) is 0 Å². The summed E-state index contributed by atoms with van der Waals surface area (Å²) in [6.45, 7) is 2.06. The second-order valence-corrected chi connectivity index (χ2v) is 5.58. The summed E-state index contributed by atoms with van der Waals surface area (Å²) in [6, 6.07) is 5.73. The molecule has 1 fully saturated rings. The van der Waals surface area contributed by atoms with Crippen LogP contribution in [0.25, 0.3) is 11.0 Å². The molecule has 1 saturated carbocycles. The van der Waals surface area contributed by atoms with Gasteiger partial charge >= 0.3 is 0 Å². The van der Waals surface area contributed by atoms with Crippen molar-refractivity contribution < 1.29 is 4.79 Å². The summed E-state index contributed by atoms with van der Waals surface area (Å²) in [5.41, 5.74) is 2.31. The first-order valence-corrected chi connectivity index (χ1v) is 6.87. The van der Waals surface area contributed by atoms with E-state index in [0.29, 0.717) is 16.8 Å². The van der Waals surface area contributed by atoms with Gasteiger partial charge in [0.1, 0.15) is 0 Å². The van der Waals surface area contributed by atoms with Crippen molar-refractivity contribution in [3.05, 3.63) is 29.0 Å². The lowest BCUT2D eigenvalue weighted by atomic mass is 10.1. The summed E-state index contributed by atoms with van der Waals surface area (Å²) in [4.78, 5) is 16.4. The number of aromatic nitrogens is 2. The Morgan fingerprint density at radius 1 is 1.53 bits per heavy atom. The van der Waals surface area contributed by atoms with E-state index in [1.165, 1.54) is 12.8 Å². The molecule has 0 spiro atoms. The molecule has 1 N–H and O–H groups in total. The van der Waals surface area contributed by atoms with E-state index in [9.17, 15) is 4.79 Å². The number of fused-ring (bicyclic) bond motifs is 1. The van der Waals surface area contributed by atoms with Crippen LogP contribution in [0.15, 0.2) is 18.2 Å². The Balaban J connectivity index is 1.85. The molecule has 0 radical (unpaired) electrons. The highest BCUT2D eigenvalue weighted by atomic mass is 35.5. The minimum Gasteiger partial charge on any atom is -0.349 e.